The van der Waals surface area contributed by atoms with E-state index in [9.17, 15) is 13.2 Å². The fourth-order valence-electron chi connectivity index (χ4n) is 4.37. The lowest BCUT2D eigenvalue weighted by atomic mass is 10.2. The number of aromatic nitrogens is 3. The van der Waals surface area contributed by atoms with Gasteiger partial charge in [0.05, 0.1) is 17.0 Å². The molecule has 2 aromatic rings. The van der Waals surface area contributed by atoms with Gasteiger partial charge in [0.15, 0.2) is 5.82 Å². The van der Waals surface area contributed by atoms with Gasteiger partial charge in [-0.25, -0.2) is 8.42 Å². The highest BCUT2D eigenvalue weighted by Gasteiger charge is 2.37. The van der Waals surface area contributed by atoms with E-state index >= 15 is 0 Å². The van der Waals surface area contributed by atoms with E-state index in [1.807, 2.05) is 6.92 Å². The summed E-state index contributed by atoms with van der Waals surface area (Å²) in [6.45, 7) is 4.98. The average molecular weight is 432 g/mol. The number of nitrogens with zero attached hydrogens (tertiary/aromatic N) is 4. The zero-order valence-corrected chi connectivity index (χ0v) is 18.4. The molecule has 1 amide bonds. The highest BCUT2D eigenvalue weighted by atomic mass is 32.2. The van der Waals surface area contributed by atoms with Gasteiger partial charge in [0.25, 0.3) is 0 Å². The lowest BCUT2D eigenvalue weighted by molar-refractivity contribution is -0.133. The summed E-state index contributed by atoms with van der Waals surface area (Å²) in [5.41, 5.74) is 0.977. The number of amides is 1. The molecule has 2 aliphatic heterocycles. The van der Waals surface area contributed by atoms with Gasteiger partial charge < -0.3 is 9.47 Å². The van der Waals surface area contributed by atoms with Gasteiger partial charge in [-0.1, -0.05) is 24.1 Å². The van der Waals surface area contributed by atoms with Crippen LogP contribution in [0, 0.1) is 6.92 Å². The molecule has 0 radical (unpaired) electrons. The molecule has 8 nitrogen and oxygen atoms in total. The summed E-state index contributed by atoms with van der Waals surface area (Å²) in [6, 6.07) is 5.59. The van der Waals surface area contributed by atoms with Crippen molar-refractivity contribution in [3.8, 4) is 0 Å². The van der Waals surface area contributed by atoms with Crippen molar-refractivity contribution in [2.75, 3.05) is 6.54 Å². The first-order chi connectivity index (χ1) is 14.4. The molecule has 1 N–H and O–H groups in total. The summed E-state index contributed by atoms with van der Waals surface area (Å²) in [5.74, 6) is 1.61. The Morgan fingerprint density at radius 2 is 1.87 bits per heavy atom. The van der Waals surface area contributed by atoms with E-state index in [2.05, 4.69) is 19.5 Å². The summed E-state index contributed by atoms with van der Waals surface area (Å²) in [4.78, 5) is 15.1. The molecular formula is C21H29N5O3S. The van der Waals surface area contributed by atoms with Gasteiger partial charge in [0.1, 0.15) is 5.82 Å². The summed E-state index contributed by atoms with van der Waals surface area (Å²) < 4.78 is 30.1. The second-order valence-corrected chi connectivity index (χ2v) is 10.00. The molecule has 3 heterocycles. The van der Waals surface area contributed by atoms with Crippen molar-refractivity contribution in [1.29, 1.82) is 0 Å². The monoisotopic (exact) mass is 431 g/mol. The zero-order chi connectivity index (χ0) is 21.3. The topological polar surface area (TPSA) is 97.2 Å². The van der Waals surface area contributed by atoms with Crippen molar-refractivity contribution in [3.05, 3.63) is 41.5 Å². The Balaban J connectivity index is 1.51. The third kappa shape index (κ3) is 4.13. The van der Waals surface area contributed by atoms with Crippen LogP contribution < -0.4 is 4.72 Å². The molecule has 0 saturated carbocycles. The van der Waals surface area contributed by atoms with E-state index in [0.717, 1.165) is 55.9 Å². The molecule has 2 atom stereocenters. The van der Waals surface area contributed by atoms with Crippen LogP contribution in [0.25, 0.3) is 0 Å². The third-order valence-corrected chi connectivity index (χ3v) is 7.56. The number of carbonyl (C=O) groups is 1. The van der Waals surface area contributed by atoms with Crippen molar-refractivity contribution < 1.29 is 13.2 Å². The van der Waals surface area contributed by atoms with Crippen LogP contribution in [0.5, 0.6) is 0 Å². The molecule has 0 aliphatic carbocycles. The van der Waals surface area contributed by atoms with Crippen molar-refractivity contribution in [1.82, 2.24) is 24.4 Å². The van der Waals surface area contributed by atoms with Crippen molar-refractivity contribution in [2.24, 2.45) is 0 Å². The van der Waals surface area contributed by atoms with Gasteiger partial charge in [0, 0.05) is 19.5 Å². The smallest absolute Gasteiger partial charge is 0.241 e. The first kappa shape index (κ1) is 21.0. The number of benzene rings is 1. The largest absolute Gasteiger partial charge is 0.331 e. The molecule has 0 spiro atoms. The minimum atomic E-state index is -3.77. The van der Waals surface area contributed by atoms with Crippen molar-refractivity contribution in [2.45, 2.75) is 75.9 Å². The van der Waals surface area contributed by atoms with E-state index in [1.165, 1.54) is 6.42 Å². The van der Waals surface area contributed by atoms with Gasteiger partial charge in [-0.3, -0.25) is 4.79 Å². The second-order valence-electron chi connectivity index (χ2n) is 8.28. The van der Waals surface area contributed by atoms with Crippen LogP contribution in [-0.2, 0) is 27.8 Å². The first-order valence-corrected chi connectivity index (χ1v) is 12.2. The molecule has 162 valence electrons. The Morgan fingerprint density at radius 3 is 2.63 bits per heavy atom. The quantitative estimate of drug-likeness (QED) is 0.784. The maximum Gasteiger partial charge on any atom is 0.241 e. The van der Waals surface area contributed by atoms with E-state index in [-0.39, 0.29) is 16.8 Å². The highest BCUT2D eigenvalue weighted by molar-refractivity contribution is 7.89. The maximum absolute atomic E-state index is 13.2. The van der Waals surface area contributed by atoms with Crippen LogP contribution in [0.15, 0.2) is 29.2 Å². The molecule has 1 fully saturated rings. The van der Waals surface area contributed by atoms with E-state index < -0.39 is 16.1 Å². The molecular weight excluding hydrogens is 402 g/mol. The van der Waals surface area contributed by atoms with Gasteiger partial charge >= 0.3 is 0 Å². The minimum Gasteiger partial charge on any atom is -0.331 e. The number of sulfonamides is 1. The lowest BCUT2D eigenvalue weighted by Crippen LogP contribution is -2.46. The Labute approximate surface area is 177 Å². The molecule has 1 saturated heterocycles. The predicted octanol–water partition coefficient (Wildman–Crippen LogP) is 2.34. The number of hydrogen-bond donors (Lipinski definition) is 1. The van der Waals surface area contributed by atoms with Crippen LogP contribution in [0.1, 0.15) is 62.3 Å². The van der Waals surface area contributed by atoms with E-state index in [0.29, 0.717) is 6.54 Å². The fourth-order valence-corrected chi connectivity index (χ4v) is 5.57. The summed E-state index contributed by atoms with van der Waals surface area (Å²) in [7, 11) is -3.77. The molecule has 1 unspecified atom stereocenters. The normalized spacial score (nSPS) is 20.6. The lowest BCUT2D eigenvalue weighted by Gasteiger charge is -2.27. The zero-order valence-electron chi connectivity index (χ0n) is 17.5. The van der Waals surface area contributed by atoms with E-state index in [4.69, 9.17) is 0 Å². The summed E-state index contributed by atoms with van der Waals surface area (Å²) in [5, 5.41) is 8.79. The number of carbonyl (C=O) groups excluding carboxylic acids is 1. The van der Waals surface area contributed by atoms with Gasteiger partial charge in [0.2, 0.25) is 15.9 Å². The van der Waals surface area contributed by atoms with Gasteiger partial charge in [-0.05, 0) is 51.7 Å². The molecule has 9 heteroatoms. The second kappa shape index (κ2) is 8.47. The van der Waals surface area contributed by atoms with Gasteiger partial charge in [-0.2, -0.15) is 4.72 Å². The SMILES string of the molecule is Cc1ccc(S(=O)(=O)N[C@@H](C)C(=O)N2CCCC2c2nnc3n2CCCCC3)cc1. The van der Waals surface area contributed by atoms with Crippen molar-refractivity contribution >= 4 is 15.9 Å². The highest BCUT2D eigenvalue weighted by Crippen LogP contribution is 2.33. The molecule has 1 aromatic heterocycles. The van der Waals surface area contributed by atoms with Crippen LogP contribution in [0.3, 0.4) is 0 Å². The Kier molecular flexibility index (Phi) is 5.92. The predicted molar refractivity (Wildman–Crippen MR) is 112 cm³/mol. The standard InChI is InChI=1S/C21H29N5O3S/c1-15-9-11-17(12-10-15)30(28,29)24-16(2)21(27)25-14-6-7-18(25)20-23-22-19-8-4-3-5-13-26(19)20/h9-12,16,18,24H,3-8,13-14H2,1-2H3/t16-,18?/m0/s1. The van der Waals surface area contributed by atoms with Gasteiger partial charge in [-0.15, -0.1) is 10.2 Å². The maximum atomic E-state index is 13.2. The Hall–Kier alpha value is -2.26. The molecule has 4 rings (SSSR count). The molecule has 2 aliphatic rings. The average Bonchev–Trinajstić information content (AvgIpc) is 3.28. The Bertz CT molecular complexity index is 1020. The van der Waals surface area contributed by atoms with Crippen LogP contribution >= 0.6 is 0 Å². The number of nitrogens with one attached hydrogen (secondary N) is 1. The van der Waals surface area contributed by atoms with Crippen LogP contribution in [-0.4, -0.2) is 46.6 Å². The third-order valence-electron chi connectivity index (χ3n) is 6.01. The number of aryl methyl sites for hydroxylation is 2. The van der Waals surface area contributed by atoms with E-state index in [1.54, 1.807) is 36.1 Å². The summed E-state index contributed by atoms with van der Waals surface area (Å²) in [6.07, 6.45) is 5.99. The Morgan fingerprint density at radius 1 is 1.10 bits per heavy atom. The van der Waals surface area contributed by atoms with Crippen LogP contribution in [0.2, 0.25) is 0 Å². The minimum absolute atomic E-state index is 0.150. The molecule has 30 heavy (non-hydrogen) atoms. The summed E-state index contributed by atoms with van der Waals surface area (Å²) >= 11 is 0. The molecule has 0 bridgehead atoms. The number of likely N-dealkylation sites (tertiary alicyclic amines) is 1. The number of fused-ring (bicyclic) bond motifs is 1. The fraction of sp³-hybridized carbons (Fsp3) is 0.571. The number of hydrogen-bond acceptors (Lipinski definition) is 5. The van der Waals surface area contributed by atoms with Crippen molar-refractivity contribution in [3.63, 3.8) is 0 Å². The first-order valence-electron chi connectivity index (χ1n) is 10.7. The number of rotatable bonds is 5. The van der Waals surface area contributed by atoms with Crippen LogP contribution in [0.4, 0.5) is 0 Å². The molecule has 1 aromatic carbocycles.